The number of guanidine groups is 1. The molecule has 1 aliphatic rings. The highest BCUT2D eigenvalue weighted by atomic mass is 127. The lowest BCUT2D eigenvalue weighted by molar-refractivity contribution is 0.110. The Hall–Kier alpha value is -1.10. The maximum atomic E-state index is 5.94. The van der Waals surface area contributed by atoms with Gasteiger partial charge in [-0.25, -0.2) is 0 Å². The number of hydrogen-bond donors (Lipinski definition) is 2. The van der Waals surface area contributed by atoms with Gasteiger partial charge in [-0.2, -0.15) is 0 Å². The molecular weight excluding hydrogens is 495 g/mol. The summed E-state index contributed by atoms with van der Waals surface area (Å²) in [5, 5.41) is 6.89. The van der Waals surface area contributed by atoms with Gasteiger partial charge in [0.05, 0.1) is 13.2 Å². The molecule has 1 aromatic rings. The predicted octanol–water partition coefficient (Wildman–Crippen LogP) is 2.80. The monoisotopic (exact) mass is 534 g/mol. The third kappa shape index (κ3) is 9.36. The quantitative estimate of drug-likeness (QED) is 0.186. The molecule has 2 N–H and O–H groups in total. The summed E-state index contributed by atoms with van der Waals surface area (Å²) in [5.74, 6) is 1.71. The molecule has 0 saturated carbocycles. The Balaban J connectivity index is 0.00000450. The van der Waals surface area contributed by atoms with Crippen molar-refractivity contribution in [3.63, 3.8) is 0 Å². The first-order valence-corrected chi connectivity index (χ1v) is 10.7. The summed E-state index contributed by atoms with van der Waals surface area (Å²) in [6, 6.07) is 6.82. The van der Waals surface area contributed by atoms with Crippen LogP contribution in [-0.2, 0) is 16.0 Å². The number of halogens is 1. The molecule has 2 rings (SSSR count). The molecule has 1 saturated heterocycles. The highest BCUT2D eigenvalue weighted by Gasteiger charge is 2.23. The maximum absolute atomic E-state index is 5.94. The lowest BCUT2D eigenvalue weighted by Gasteiger charge is -2.25. The number of rotatable bonds is 12. The van der Waals surface area contributed by atoms with E-state index in [1.54, 1.807) is 14.2 Å². The maximum Gasteiger partial charge on any atom is 0.191 e. The molecule has 0 aliphatic carbocycles. The van der Waals surface area contributed by atoms with Crippen LogP contribution in [-0.4, -0.2) is 77.1 Å². The van der Waals surface area contributed by atoms with Crippen molar-refractivity contribution in [2.24, 2.45) is 4.99 Å². The van der Waals surface area contributed by atoms with Gasteiger partial charge in [0.15, 0.2) is 5.96 Å². The van der Waals surface area contributed by atoms with E-state index in [4.69, 9.17) is 14.2 Å². The number of ether oxygens (including phenoxy) is 3. The van der Waals surface area contributed by atoms with Crippen LogP contribution in [0.5, 0.6) is 5.75 Å². The molecule has 1 aliphatic heterocycles. The lowest BCUT2D eigenvalue weighted by atomic mass is 10.1. The van der Waals surface area contributed by atoms with Crippen LogP contribution in [0.15, 0.2) is 23.2 Å². The van der Waals surface area contributed by atoms with E-state index in [0.717, 1.165) is 43.5 Å². The van der Waals surface area contributed by atoms with E-state index in [9.17, 15) is 0 Å². The van der Waals surface area contributed by atoms with E-state index >= 15 is 0 Å². The molecule has 0 amide bonds. The highest BCUT2D eigenvalue weighted by Crippen LogP contribution is 2.20. The Labute approximate surface area is 199 Å². The SMILES string of the molecule is CCOCCOc1cc(C)ccc1CNC(=NC)NCC1CCCN1CCOC.I. The zero-order chi connectivity index (χ0) is 20.9. The van der Waals surface area contributed by atoms with Crippen molar-refractivity contribution in [2.75, 3.05) is 60.2 Å². The minimum atomic E-state index is 0. The highest BCUT2D eigenvalue weighted by molar-refractivity contribution is 14.0. The predicted molar refractivity (Wildman–Crippen MR) is 133 cm³/mol. The van der Waals surface area contributed by atoms with Crippen molar-refractivity contribution >= 4 is 29.9 Å². The zero-order valence-electron chi connectivity index (χ0n) is 18.9. The van der Waals surface area contributed by atoms with Crippen molar-refractivity contribution in [3.8, 4) is 5.75 Å². The van der Waals surface area contributed by atoms with Crippen LogP contribution in [0.1, 0.15) is 30.9 Å². The Morgan fingerprint density at radius 2 is 2.07 bits per heavy atom. The van der Waals surface area contributed by atoms with Gasteiger partial charge < -0.3 is 24.8 Å². The van der Waals surface area contributed by atoms with Crippen LogP contribution < -0.4 is 15.4 Å². The van der Waals surface area contributed by atoms with Gasteiger partial charge in [0.2, 0.25) is 0 Å². The van der Waals surface area contributed by atoms with E-state index in [1.165, 1.54) is 18.4 Å². The minimum Gasteiger partial charge on any atom is -0.491 e. The summed E-state index contributed by atoms with van der Waals surface area (Å²) < 4.78 is 16.5. The zero-order valence-corrected chi connectivity index (χ0v) is 21.2. The fourth-order valence-corrected chi connectivity index (χ4v) is 3.54. The number of methoxy groups -OCH3 is 1. The molecule has 1 unspecified atom stereocenters. The van der Waals surface area contributed by atoms with Gasteiger partial charge in [-0.05, 0) is 44.9 Å². The van der Waals surface area contributed by atoms with Gasteiger partial charge in [0, 0.05) is 52.0 Å². The number of hydrogen-bond acceptors (Lipinski definition) is 5. The molecule has 1 heterocycles. The molecule has 0 aromatic heterocycles. The van der Waals surface area contributed by atoms with E-state index < -0.39 is 0 Å². The summed E-state index contributed by atoms with van der Waals surface area (Å²) in [6.45, 7) is 10.4. The number of benzene rings is 1. The fourth-order valence-electron chi connectivity index (χ4n) is 3.54. The van der Waals surface area contributed by atoms with E-state index in [-0.39, 0.29) is 24.0 Å². The van der Waals surface area contributed by atoms with E-state index in [1.807, 2.05) is 6.92 Å². The van der Waals surface area contributed by atoms with Gasteiger partial charge in [-0.1, -0.05) is 12.1 Å². The van der Waals surface area contributed by atoms with Crippen molar-refractivity contribution in [2.45, 2.75) is 39.3 Å². The Morgan fingerprint density at radius 1 is 1.23 bits per heavy atom. The second-order valence-corrected chi connectivity index (χ2v) is 7.29. The minimum absolute atomic E-state index is 0. The van der Waals surface area contributed by atoms with E-state index in [0.29, 0.717) is 32.4 Å². The van der Waals surface area contributed by atoms with Crippen LogP contribution in [0.2, 0.25) is 0 Å². The summed E-state index contributed by atoms with van der Waals surface area (Å²) in [4.78, 5) is 6.87. The molecule has 7 nitrogen and oxygen atoms in total. The standard InChI is InChI=1S/C22H38N4O3.HI/c1-5-28-13-14-29-21-15-18(2)8-9-19(21)16-24-22(23-3)25-17-20-7-6-10-26(20)11-12-27-4;/h8-9,15,20H,5-7,10-14,16-17H2,1-4H3,(H2,23,24,25);1H. The summed E-state index contributed by atoms with van der Waals surface area (Å²) >= 11 is 0. The molecule has 30 heavy (non-hydrogen) atoms. The van der Waals surface area contributed by atoms with Crippen molar-refractivity contribution in [1.82, 2.24) is 15.5 Å². The Morgan fingerprint density at radius 3 is 2.80 bits per heavy atom. The first kappa shape index (κ1) is 26.9. The van der Waals surface area contributed by atoms with Crippen LogP contribution in [0.25, 0.3) is 0 Å². The van der Waals surface area contributed by atoms with Gasteiger partial charge >= 0.3 is 0 Å². The van der Waals surface area contributed by atoms with E-state index in [2.05, 4.69) is 45.6 Å². The molecule has 172 valence electrons. The number of aliphatic imine (C=N–C) groups is 1. The number of likely N-dealkylation sites (tertiary alicyclic amines) is 1. The lowest BCUT2D eigenvalue weighted by Crippen LogP contribution is -2.45. The van der Waals surface area contributed by atoms with Crippen molar-refractivity contribution in [1.29, 1.82) is 0 Å². The average molecular weight is 534 g/mol. The number of aryl methyl sites for hydroxylation is 1. The topological polar surface area (TPSA) is 67.4 Å². The molecule has 1 fully saturated rings. The third-order valence-electron chi connectivity index (χ3n) is 5.17. The third-order valence-corrected chi connectivity index (χ3v) is 5.17. The molecular formula is C22H39IN4O3. The summed E-state index contributed by atoms with van der Waals surface area (Å²) in [7, 11) is 3.57. The molecule has 1 atom stereocenters. The Bertz CT molecular complexity index is 630. The first-order valence-electron chi connectivity index (χ1n) is 10.7. The van der Waals surface area contributed by atoms with Crippen LogP contribution in [0.4, 0.5) is 0 Å². The molecule has 1 aromatic carbocycles. The normalized spacial score (nSPS) is 16.9. The van der Waals surface area contributed by atoms with Gasteiger partial charge in [-0.3, -0.25) is 9.89 Å². The molecule has 8 heteroatoms. The van der Waals surface area contributed by atoms with Gasteiger partial charge in [0.25, 0.3) is 0 Å². The Kier molecular flexibility index (Phi) is 14.1. The molecule has 0 spiro atoms. The average Bonchev–Trinajstić information content (AvgIpc) is 3.18. The number of nitrogens with zero attached hydrogens (tertiary/aromatic N) is 2. The van der Waals surface area contributed by atoms with Gasteiger partial charge in [-0.15, -0.1) is 24.0 Å². The fraction of sp³-hybridized carbons (Fsp3) is 0.682. The van der Waals surface area contributed by atoms with Gasteiger partial charge in [0.1, 0.15) is 12.4 Å². The van der Waals surface area contributed by atoms with Crippen molar-refractivity contribution in [3.05, 3.63) is 29.3 Å². The molecule has 0 radical (unpaired) electrons. The first-order chi connectivity index (χ1) is 14.2. The summed E-state index contributed by atoms with van der Waals surface area (Å²) in [5.41, 5.74) is 2.29. The summed E-state index contributed by atoms with van der Waals surface area (Å²) in [6.07, 6.45) is 2.46. The van der Waals surface area contributed by atoms with Crippen molar-refractivity contribution < 1.29 is 14.2 Å². The largest absolute Gasteiger partial charge is 0.491 e. The number of nitrogens with one attached hydrogen (secondary N) is 2. The second kappa shape index (κ2) is 15.7. The molecule has 0 bridgehead atoms. The smallest absolute Gasteiger partial charge is 0.191 e. The van der Waals surface area contributed by atoms with Crippen LogP contribution in [0, 0.1) is 6.92 Å². The second-order valence-electron chi connectivity index (χ2n) is 7.29. The van der Waals surface area contributed by atoms with Crippen LogP contribution >= 0.6 is 24.0 Å². The van der Waals surface area contributed by atoms with Crippen LogP contribution in [0.3, 0.4) is 0 Å².